The van der Waals surface area contributed by atoms with Crippen LogP contribution in [-0.4, -0.2) is 7.11 Å². The number of ether oxygens (including phenoxy) is 1. The Morgan fingerprint density at radius 2 is 2.21 bits per heavy atom. The van der Waals surface area contributed by atoms with Gasteiger partial charge in [-0.2, -0.15) is 0 Å². The number of hydrogen-bond acceptors (Lipinski definition) is 1. The summed E-state index contributed by atoms with van der Waals surface area (Å²) in [5.41, 5.74) is 2.66. The van der Waals surface area contributed by atoms with Crippen LogP contribution in [0.1, 0.15) is 18.1 Å². The molecule has 0 spiro atoms. The van der Waals surface area contributed by atoms with E-state index in [9.17, 15) is 0 Å². The van der Waals surface area contributed by atoms with E-state index < -0.39 is 0 Å². The Labute approximate surface area is 92.9 Å². The fourth-order valence-electron chi connectivity index (χ4n) is 1.84. The van der Waals surface area contributed by atoms with E-state index in [0.29, 0.717) is 5.92 Å². The van der Waals surface area contributed by atoms with Crippen LogP contribution >= 0.6 is 15.9 Å². The summed E-state index contributed by atoms with van der Waals surface area (Å²) in [6, 6.07) is 6.24. The van der Waals surface area contributed by atoms with Crippen LogP contribution in [0.25, 0.3) is 4.48 Å². The van der Waals surface area contributed by atoms with Crippen LogP contribution < -0.4 is 4.74 Å². The summed E-state index contributed by atoms with van der Waals surface area (Å²) < 4.78 is 6.42. The minimum Gasteiger partial charge on any atom is -0.497 e. The highest BCUT2D eigenvalue weighted by Crippen LogP contribution is 2.34. The molecule has 1 atom stereocenters. The molecule has 0 fully saturated rings. The van der Waals surface area contributed by atoms with Crippen molar-refractivity contribution in [3.63, 3.8) is 0 Å². The molecule has 1 unspecified atom stereocenters. The van der Waals surface area contributed by atoms with Gasteiger partial charge in [0.1, 0.15) is 5.75 Å². The Bertz CT molecular complexity index is 382. The second kappa shape index (κ2) is 3.77. The van der Waals surface area contributed by atoms with E-state index in [1.807, 2.05) is 6.07 Å². The summed E-state index contributed by atoms with van der Waals surface area (Å²) in [4.78, 5) is 0. The van der Waals surface area contributed by atoms with Crippen molar-refractivity contribution in [3.8, 4) is 5.75 Å². The van der Waals surface area contributed by atoms with Crippen molar-refractivity contribution < 1.29 is 4.74 Å². The topological polar surface area (TPSA) is 9.23 Å². The first-order chi connectivity index (χ1) is 6.70. The number of halogens is 1. The number of hydrogen-bond donors (Lipinski definition) is 0. The maximum atomic E-state index is 5.22. The Kier molecular flexibility index (Phi) is 2.64. The zero-order valence-electron chi connectivity index (χ0n) is 8.38. The molecule has 0 saturated carbocycles. The lowest BCUT2D eigenvalue weighted by Gasteiger charge is -2.19. The maximum Gasteiger partial charge on any atom is 0.119 e. The molecule has 14 heavy (non-hydrogen) atoms. The fourth-order valence-corrected chi connectivity index (χ4v) is 2.68. The first-order valence-corrected chi connectivity index (χ1v) is 5.54. The van der Waals surface area contributed by atoms with Crippen LogP contribution in [0.3, 0.4) is 0 Å². The first-order valence-electron chi connectivity index (χ1n) is 4.75. The van der Waals surface area contributed by atoms with Gasteiger partial charge < -0.3 is 4.74 Å². The van der Waals surface area contributed by atoms with Crippen molar-refractivity contribution in [1.29, 1.82) is 0 Å². The van der Waals surface area contributed by atoms with E-state index in [-0.39, 0.29) is 0 Å². The molecule has 0 aromatic heterocycles. The van der Waals surface area contributed by atoms with Crippen LogP contribution in [0.15, 0.2) is 24.3 Å². The quantitative estimate of drug-likeness (QED) is 0.742. The van der Waals surface area contributed by atoms with Gasteiger partial charge in [-0.3, -0.25) is 0 Å². The lowest BCUT2D eigenvalue weighted by Crippen LogP contribution is -2.05. The van der Waals surface area contributed by atoms with Gasteiger partial charge >= 0.3 is 0 Å². The number of benzene rings is 1. The maximum absolute atomic E-state index is 5.22. The monoisotopic (exact) mass is 252 g/mol. The van der Waals surface area contributed by atoms with E-state index in [0.717, 1.165) is 12.2 Å². The van der Waals surface area contributed by atoms with Crippen molar-refractivity contribution >= 4 is 20.4 Å². The zero-order chi connectivity index (χ0) is 10.1. The number of rotatable bonds is 1. The SMILES string of the molecule is COc1ccc2c(c1)CC(C)C=C2Br. The molecule has 74 valence electrons. The Balaban J connectivity index is 2.47. The normalized spacial score (nSPS) is 19.9. The third-order valence-corrected chi connectivity index (χ3v) is 3.23. The molecule has 0 bridgehead atoms. The van der Waals surface area contributed by atoms with E-state index in [1.54, 1.807) is 7.11 Å². The van der Waals surface area contributed by atoms with Gasteiger partial charge in [-0.05, 0) is 41.7 Å². The van der Waals surface area contributed by atoms with Gasteiger partial charge in [0.25, 0.3) is 0 Å². The van der Waals surface area contributed by atoms with Crippen molar-refractivity contribution in [3.05, 3.63) is 35.4 Å². The second-order valence-corrected chi connectivity index (χ2v) is 4.57. The predicted octanol–water partition coefficient (Wildman–Crippen LogP) is 3.62. The number of fused-ring (bicyclic) bond motifs is 1. The summed E-state index contributed by atoms with van der Waals surface area (Å²) in [5, 5.41) is 0. The summed E-state index contributed by atoms with van der Waals surface area (Å²) >= 11 is 3.59. The van der Waals surface area contributed by atoms with Crippen molar-refractivity contribution in [2.24, 2.45) is 5.92 Å². The Morgan fingerprint density at radius 1 is 1.43 bits per heavy atom. The van der Waals surface area contributed by atoms with E-state index in [2.05, 4.69) is 41.1 Å². The molecule has 1 aliphatic rings. The molecule has 0 N–H and O–H groups in total. The third kappa shape index (κ3) is 1.71. The molecule has 2 rings (SSSR count). The average Bonchev–Trinajstić information content (AvgIpc) is 2.16. The van der Waals surface area contributed by atoms with Crippen LogP contribution in [0.5, 0.6) is 5.75 Å². The minimum atomic E-state index is 0.601. The highest BCUT2D eigenvalue weighted by atomic mass is 79.9. The first kappa shape index (κ1) is 9.78. The van der Waals surface area contributed by atoms with E-state index in [4.69, 9.17) is 4.74 Å². The molecular weight excluding hydrogens is 240 g/mol. The van der Waals surface area contributed by atoms with Gasteiger partial charge in [0.2, 0.25) is 0 Å². The largest absolute Gasteiger partial charge is 0.497 e. The van der Waals surface area contributed by atoms with Gasteiger partial charge in [0.15, 0.2) is 0 Å². The van der Waals surface area contributed by atoms with E-state index in [1.165, 1.54) is 15.6 Å². The smallest absolute Gasteiger partial charge is 0.119 e. The van der Waals surface area contributed by atoms with Crippen molar-refractivity contribution in [1.82, 2.24) is 0 Å². The molecule has 1 aliphatic carbocycles. The molecule has 1 aromatic carbocycles. The molecule has 0 heterocycles. The standard InChI is InChI=1S/C12H13BrO/c1-8-5-9-7-10(14-2)3-4-11(9)12(13)6-8/h3-4,6-8H,5H2,1-2H3. The average molecular weight is 253 g/mol. The molecule has 1 nitrogen and oxygen atoms in total. The fraction of sp³-hybridized carbons (Fsp3) is 0.333. The van der Waals surface area contributed by atoms with Crippen molar-refractivity contribution in [2.45, 2.75) is 13.3 Å². The molecule has 0 radical (unpaired) electrons. The Morgan fingerprint density at radius 3 is 2.93 bits per heavy atom. The van der Waals surface area contributed by atoms with E-state index >= 15 is 0 Å². The zero-order valence-corrected chi connectivity index (χ0v) is 9.97. The summed E-state index contributed by atoms with van der Waals surface area (Å²) in [5.74, 6) is 1.54. The summed E-state index contributed by atoms with van der Waals surface area (Å²) in [7, 11) is 1.71. The van der Waals surface area contributed by atoms with Crippen molar-refractivity contribution in [2.75, 3.05) is 7.11 Å². The highest BCUT2D eigenvalue weighted by Gasteiger charge is 2.15. The van der Waals surface area contributed by atoms with Gasteiger partial charge in [-0.1, -0.05) is 28.9 Å². The molecule has 0 amide bonds. The van der Waals surface area contributed by atoms with Gasteiger partial charge in [0, 0.05) is 4.48 Å². The van der Waals surface area contributed by atoms with Gasteiger partial charge in [0.05, 0.1) is 7.11 Å². The lowest BCUT2D eigenvalue weighted by atomic mass is 9.91. The molecule has 0 saturated heterocycles. The van der Waals surface area contributed by atoms with Gasteiger partial charge in [-0.15, -0.1) is 0 Å². The second-order valence-electron chi connectivity index (χ2n) is 3.72. The highest BCUT2D eigenvalue weighted by molar-refractivity contribution is 9.15. The number of methoxy groups -OCH3 is 1. The van der Waals surface area contributed by atoms with Crippen LogP contribution in [0.2, 0.25) is 0 Å². The molecule has 1 aromatic rings. The molecule has 0 aliphatic heterocycles. The summed E-state index contributed by atoms with van der Waals surface area (Å²) in [6.45, 7) is 2.23. The van der Waals surface area contributed by atoms with Crippen LogP contribution in [0.4, 0.5) is 0 Å². The third-order valence-electron chi connectivity index (χ3n) is 2.54. The lowest BCUT2D eigenvalue weighted by molar-refractivity contribution is 0.414. The van der Waals surface area contributed by atoms with Gasteiger partial charge in [-0.25, -0.2) is 0 Å². The molecule has 2 heteroatoms. The van der Waals surface area contributed by atoms with Crippen LogP contribution in [0, 0.1) is 5.92 Å². The number of allylic oxidation sites excluding steroid dienone is 1. The summed E-state index contributed by atoms with van der Waals surface area (Å²) in [6.07, 6.45) is 3.36. The van der Waals surface area contributed by atoms with Crippen LogP contribution in [-0.2, 0) is 6.42 Å². The minimum absolute atomic E-state index is 0.601. The molecular formula is C12H13BrO. The Hall–Kier alpha value is -0.760. The predicted molar refractivity (Wildman–Crippen MR) is 62.8 cm³/mol.